The van der Waals surface area contributed by atoms with Crippen LogP contribution in [0.15, 0.2) is 18.2 Å². The molecule has 1 amide bonds. The molecule has 0 atom stereocenters. The van der Waals surface area contributed by atoms with Crippen molar-refractivity contribution in [1.29, 1.82) is 0 Å². The van der Waals surface area contributed by atoms with E-state index in [1.165, 1.54) is 19.3 Å². The number of carbonyl (C=O) groups is 1. The second-order valence-corrected chi connectivity index (χ2v) is 7.45. The molecule has 2 N–H and O–H groups in total. The van der Waals surface area contributed by atoms with Crippen LogP contribution in [0.3, 0.4) is 0 Å². The zero-order valence-corrected chi connectivity index (χ0v) is 15.4. The van der Waals surface area contributed by atoms with Gasteiger partial charge in [0.15, 0.2) is 5.82 Å². The van der Waals surface area contributed by atoms with Crippen LogP contribution >= 0.6 is 0 Å². The van der Waals surface area contributed by atoms with Crippen LogP contribution in [0, 0.1) is 12.8 Å². The number of rotatable bonds is 3. The normalized spacial score (nSPS) is 18.2. The predicted octanol–water partition coefficient (Wildman–Crippen LogP) is 2.92. The topological polar surface area (TPSA) is 71.8 Å². The molecule has 0 unspecified atom stereocenters. The van der Waals surface area contributed by atoms with Crippen LogP contribution in [-0.4, -0.2) is 33.8 Å². The third kappa shape index (κ3) is 3.51. The van der Waals surface area contributed by atoms with Gasteiger partial charge in [-0.05, 0) is 57.3 Å². The number of nitrogens with one attached hydrogen (secondary N) is 2. The first-order valence-corrected chi connectivity index (χ1v) is 9.77. The van der Waals surface area contributed by atoms with E-state index < -0.39 is 0 Å². The highest BCUT2D eigenvalue weighted by Crippen LogP contribution is 2.27. The number of hydrogen-bond donors (Lipinski definition) is 2. The van der Waals surface area contributed by atoms with Crippen molar-refractivity contribution in [3.8, 4) is 11.4 Å². The van der Waals surface area contributed by atoms with Crippen LogP contribution in [0.1, 0.15) is 43.5 Å². The molecule has 138 valence electrons. The lowest BCUT2D eigenvalue weighted by molar-refractivity contribution is -0.120. The van der Waals surface area contributed by atoms with Crippen LogP contribution in [0.25, 0.3) is 11.4 Å². The standard InChI is InChI=1S/C20H27N5O/c1-14-6-7-16(19-24-23-18-5-3-2-4-12-25(18)19)13-17(14)22-20(26)15-8-10-21-11-9-15/h6-7,13,15,21H,2-5,8-12H2,1H3,(H,22,26). The van der Waals surface area contributed by atoms with Crippen molar-refractivity contribution in [1.82, 2.24) is 20.1 Å². The van der Waals surface area contributed by atoms with Crippen LogP contribution in [0.5, 0.6) is 0 Å². The van der Waals surface area contributed by atoms with E-state index in [4.69, 9.17) is 0 Å². The Bertz CT molecular complexity index is 791. The summed E-state index contributed by atoms with van der Waals surface area (Å²) in [6, 6.07) is 6.19. The maximum absolute atomic E-state index is 12.6. The highest BCUT2D eigenvalue weighted by molar-refractivity contribution is 5.94. The maximum atomic E-state index is 12.6. The largest absolute Gasteiger partial charge is 0.326 e. The number of benzene rings is 1. The van der Waals surface area contributed by atoms with Crippen molar-refractivity contribution in [3.05, 3.63) is 29.6 Å². The summed E-state index contributed by atoms with van der Waals surface area (Å²) in [4.78, 5) is 12.6. The van der Waals surface area contributed by atoms with Crippen molar-refractivity contribution < 1.29 is 4.79 Å². The second-order valence-electron chi connectivity index (χ2n) is 7.45. The molecule has 0 bridgehead atoms. The van der Waals surface area contributed by atoms with E-state index in [-0.39, 0.29) is 11.8 Å². The van der Waals surface area contributed by atoms with E-state index in [0.717, 1.165) is 67.4 Å². The van der Waals surface area contributed by atoms with Crippen LogP contribution < -0.4 is 10.6 Å². The van der Waals surface area contributed by atoms with Crippen molar-refractivity contribution >= 4 is 11.6 Å². The molecule has 3 heterocycles. The minimum atomic E-state index is 0.101. The highest BCUT2D eigenvalue weighted by atomic mass is 16.1. The van der Waals surface area contributed by atoms with Crippen LogP contribution in [-0.2, 0) is 17.8 Å². The fourth-order valence-corrected chi connectivity index (χ4v) is 3.91. The quantitative estimate of drug-likeness (QED) is 0.890. The third-order valence-corrected chi connectivity index (χ3v) is 5.57. The molecule has 2 aliphatic heterocycles. The van der Waals surface area contributed by atoms with Gasteiger partial charge in [0.2, 0.25) is 5.91 Å². The van der Waals surface area contributed by atoms with Gasteiger partial charge in [0, 0.05) is 30.1 Å². The van der Waals surface area contributed by atoms with Crippen molar-refractivity contribution in [2.45, 2.75) is 52.0 Å². The molecule has 26 heavy (non-hydrogen) atoms. The van der Waals surface area contributed by atoms with Gasteiger partial charge in [0.1, 0.15) is 5.82 Å². The Balaban J connectivity index is 1.58. The zero-order valence-electron chi connectivity index (χ0n) is 15.4. The van der Waals surface area contributed by atoms with Crippen molar-refractivity contribution in [2.75, 3.05) is 18.4 Å². The molecular formula is C20H27N5O. The van der Waals surface area contributed by atoms with Gasteiger partial charge >= 0.3 is 0 Å². The maximum Gasteiger partial charge on any atom is 0.227 e. The lowest BCUT2D eigenvalue weighted by atomic mass is 9.97. The summed E-state index contributed by atoms with van der Waals surface area (Å²) < 4.78 is 2.25. The summed E-state index contributed by atoms with van der Waals surface area (Å²) in [5, 5.41) is 15.3. The van der Waals surface area contributed by atoms with E-state index in [9.17, 15) is 4.79 Å². The first-order valence-electron chi connectivity index (χ1n) is 9.77. The smallest absolute Gasteiger partial charge is 0.227 e. The third-order valence-electron chi connectivity index (χ3n) is 5.57. The summed E-state index contributed by atoms with van der Waals surface area (Å²) in [6.07, 6.45) is 6.41. The second kappa shape index (κ2) is 7.58. The molecule has 6 heteroatoms. The Hall–Kier alpha value is -2.21. The Kier molecular flexibility index (Phi) is 5.02. The zero-order chi connectivity index (χ0) is 17.9. The summed E-state index contributed by atoms with van der Waals surface area (Å²) in [5.41, 5.74) is 2.99. The molecule has 0 radical (unpaired) electrons. The molecule has 2 aliphatic rings. The van der Waals surface area contributed by atoms with Gasteiger partial charge in [0.05, 0.1) is 0 Å². The van der Waals surface area contributed by atoms with Crippen LogP contribution in [0.2, 0.25) is 0 Å². The Morgan fingerprint density at radius 1 is 1.19 bits per heavy atom. The molecule has 1 saturated heterocycles. The number of anilines is 1. The number of aryl methyl sites for hydroxylation is 2. The fourth-order valence-electron chi connectivity index (χ4n) is 3.91. The highest BCUT2D eigenvalue weighted by Gasteiger charge is 2.22. The van der Waals surface area contributed by atoms with Gasteiger partial charge in [-0.2, -0.15) is 0 Å². The van der Waals surface area contributed by atoms with Crippen molar-refractivity contribution in [2.24, 2.45) is 5.92 Å². The Morgan fingerprint density at radius 2 is 2.04 bits per heavy atom. The summed E-state index contributed by atoms with van der Waals surface area (Å²) >= 11 is 0. The summed E-state index contributed by atoms with van der Waals surface area (Å²) in [5.74, 6) is 2.23. The molecule has 0 spiro atoms. The Labute approximate surface area is 154 Å². The number of hydrogen-bond acceptors (Lipinski definition) is 4. The minimum absolute atomic E-state index is 0.101. The van der Waals surface area contributed by atoms with Crippen LogP contribution in [0.4, 0.5) is 5.69 Å². The molecule has 0 aliphatic carbocycles. The average Bonchev–Trinajstić information content (AvgIpc) is 2.92. The van der Waals surface area contributed by atoms with Gasteiger partial charge in [-0.3, -0.25) is 4.79 Å². The number of piperidine rings is 1. The minimum Gasteiger partial charge on any atom is -0.326 e. The van der Waals surface area contributed by atoms with Gasteiger partial charge in [-0.1, -0.05) is 18.6 Å². The van der Waals surface area contributed by atoms with Gasteiger partial charge in [-0.25, -0.2) is 0 Å². The average molecular weight is 353 g/mol. The van der Waals surface area contributed by atoms with E-state index in [1.54, 1.807) is 0 Å². The lowest BCUT2D eigenvalue weighted by Gasteiger charge is -2.22. The molecule has 4 rings (SSSR count). The SMILES string of the molecule is Cc1ccc(-c2nnc3n2CCCCC3)cc1NC(=O)C1CCNCC1. The van der Waals surface area contributed by atoms with E-state index in [1.807, 2.05) is 6.92 Å². The van der Waals surface area contributed by atoms with E-state index in [2.05, 4.69) is 43.6 Å². The van der Waals surface area contributed by atoms with Gasteiger partial charge < -0.3 is 15.2 Å². The van der Waals surface area contributed by atoms with E-state index >= 15 is 0 Å². The number of aromatic nitrogens is 3. The molecule has 1 aromatic carbocycles. The first-order chi connectivity index (χ1) is 12.7. The molecule has 0 saturated carbocycles. The van der Waals surface area contributed by atoms with Crippen molar-refractivity contribution in [3.63, 3.8) is 0 Å². The lowest BCUT2D eigenvalue weighted by Crippen LogP contribution is -2.34. The predicted molar refractivity (Wildman–Crippen MR) is 102 cm³/mol. The molecule has 1 aromatic heterocycles. The van der Waals surface area contributed by atoms with E-state index in [0.29, 0.717) is 0 Å². The number of amides is 1. The number of fused-ring (bicyclic) bond motifs is 1. The Morgan fingerprint density at radius 3 is 2.88 bits per heavy atom. The van der Waals surface area contributed by atoms with Gasteiger partial charge in [0.25, 0.3) is 0 Å². The number of nitrogens with zero attached hydrogens (tertiary/aromatic N) is 3. The molecular weight excluding hydrogens is 326 g/mol. The molecule has 2 aromatic rings. The fraction of sp³-hybridized carbons (Fsp3) is 0.550. The monoisotopic (exact) mass is 353 g/mol. The van der Waals surface area contributed by atoms with Gasteiger partial charge in [-0.15, -0.1) is 10.2 Å². The summed E-state index contributed by atoms with van der Waals surface area (Å²) in [7, 11) is 0. The molecule has 6 nitrogen and oxygen atoms in total. The number of carbonyl (C=O) groups excluding carboxylic acids is 1. The molecule has 1 fully saturated rings. The first kappa shape index (κ1) is 17.2. The summed E-state index contributed by atoms with van der Waals surface area (Å²) in [6.45, 7) is 4.85.